The minimum Gasteiger partial charge on any atom is -0.496 e. The van der Waals surface area contributed by atoms with E-state index in [1.165, 1.54) is 16.7 Å². The van der Waals surface area contributed by atoms with Crippen molar-refractivity contribution in [1.29, 1.82) is 0 Å². The zero-order chi connectivity index (χ0) is 15.5. The third kappa shape index (κ3) is 4.01. The lowest BCUT2D eigenvalue weighted by Gasteiger charge is -2.19. The standard InChI is InChI=1S/C19H25NO/c1-14-6-11-18(21-5)15(12-14)13-20-17-9-7-16(8-10-17)19(2,3)4/h6-12,20H,13H2,1-5H3. The highest BCUT2D eigenvalue weighted by Crippen LogP contribution is 2.25. The maximum absolute atomic E-state index is 5.41. The van der Waals surface area contributed by atoms with E-state index in [0.29, 0.717) is 0 Å². The molecule has 21 heavy (non-hydrogen) atoms. The van der Waals surface area contributed by atoms with Crippen LogP contribution in [0.2, 0.25) is 0 Å². The average molecular weight is 283 g/mol. The van der Waals surface area contributed by atoms with Crippen LogP contribution < -0.4 is 10.1 Å². The van der Waals surface area contributed by atoms with Gasteiger partial charge in [0.05, 0.1) is 7.11 Å². The van der Waals surface area contributed by atoms with Gasteiger partial charge in [-0.1, -0.05) is 50.6 Å². The molecule has 0 saturated carbocycles. The number of aryl methyl sites for hydroxylation is 1. The van der Waals surface area contributed by atoms with Gasteiger partial charge in [-0.3, -0.25) is 0 Å². The molecule has 0 fully saturated rings. The van der Waals surface area contributed by atoms with Crippen LogP contribution in [0, 0.1) is 6.92 Å². The Morgan fingerprint density at radius 2 is 1.67 bits per heavy atom. The third-order valence-electron chi connectivity index (χ3n) is 3.67. The van der Waals surface area contributed by atoms with Crippen LogP contribution in [0.4, 0.5) is 5.69 Å². The molecular weight excluding hydrogens is 258 g/mol. The first-order chi connectivity index (χ1) is 9.90. The average Bonchev–Trinajstić information content (AvgIpc) is 2.45. The number of benzene rings is 2. The smallest absolute Gasteiger partial charge is 0.123 e. The first kappa shape index (κ1) is 15.4. The van der Waals surface area contributed by atoms with Gasteiger partial charge in [-0.05, 0) is 36.1 Å². The van der Waals surface area contributed by atoms with E-state index in [1.54, 1.807) is 7.11 Å². The second-order valence-electron chi connectivity index (χ2n) is 6.50. The Labute approximate surface area is 128 Å². The maximum Gasteiger partial charge on any atom is 0.123 e. The summed E-state index contributed by atoms with van der Waals surface area (Å²) in [7, 11) is 1.71. The van der Waals surface area contributed by atoms with E-state index in [9.17, 15) is 0 Å². The summed E-state index contributed by atoms with van der Waals surface area (Å²) >= 11 is 0. The molecule has 0 aliphatic carbocycles. The molecule has 0 aliphatic heterocycles. The molecule has 0 heterocycles. The van der Waals surface area contributed by atoms with Crippen LogP contribution in [-0.2, 0) is 12.0 Å². The third-order valence-corrected chi connectivity index (χ3v) is 3.67. The number of hydrogen-bond donors (Lipinski definition) is 1. The van der Waals surface area contributed by atoms with Gasteiger partial charge in [0.1, 0.15) is 5.75 Å². The highest BCUT2D eigenvalue weighted by atomic mass is 16.5. The topological polar surface area (TPSA) is 21.3 Å². The van der Waals surface area contributed by atoms with E-state index in [1.807, 2.05) is 6.07 Å². The van der Waals surface area contributed by atoms with Crippen molar-refractivity contribution in [3.05, 3.63) is 59.2 Å². The molecular formula is C19H25NO. The van der Waals surface area contributed by atoms with Crippen LogP contribution in [0.1, 0.15) is 37.5 Å². The normalized spacial score (nSPS) is 11.3. The van der Waals surface area contributed by atoms with E-state index in [2.05, 4.69) is 69.4 Å². The van der Waals surface area contributed by atoms with Crippen LogP contribution in [-0.4, -0.2) is 7.11 Å². The van der Waals surface area contributed by atoms with Crippen molar-refractivity contribution in [1.82, 2.24) is 0 Å². The molecule has 2 aromatic rings. The zero-order valence-corrected chi connectivity index (χ0v) is 13.7. The Balaban J connectivity index is 2.08. The van der Waals surface area contributed by atoms with Gasteiger partial charge in [0.15, 0.2) is 0 Å². The van der Waals surface area contributed by atoms with E-state index in [0.717, 1.165) is 18.0 Å². The van der Waals surface area contributed by atoms with Gasteiger partial charge in [-0.15, -0.1) is 0 Å². The summed E-state index contributed by atoms with van der Waals surface area (Å²) in [6.45, 7) is 9.55. The van der Waals surface area contributed by atoms with Gasteiger partial charge in [-0.2, -0.15) is 0 Å². The fourth-order valence-corrected chi connectivity index (χ4v) is 2.33. The number of anilines is 1. The molecule has 2 nitrogen and oxygen atoms in total. The van der Waals surface area contributed by atoms with Crippen LogP contribution >= 0.6 is 0 Å². The number of ether oxygens (including phenoxy) is 1. The molecule has 1 N–H and O–H groups in total. The van der Waals surface area contributed by atoms with E-state index >= 15 is 0 Å². The molecule has 0 spiro atoms. The second-order valence-corrected chi connectivity index (χ2v) is 6.50. The van der Waals surface area contributed by atoms with Crippen molar-refractivity contribution >= 4 is 5.69 Å². The Morgan fingerprint density at radius 1 is 1.00 bits per heavy atom. The minimum absolute atomic E-state index is 0.193. The first-order valence-corrected chi connectivity index (χ1v) is 7.38. The van der Waals surface area contributed by atoms with Gasteiger partial charge in [0.25, 0.3) is 0 Å². The SMILES string of the molecule is COc1ccc(C)cc1CNc1ccc(C(C)(C)C)cc1. The Hall–Kier alpha value is -1.96. The molecule has 2 aromatic carbocycles. The van der Waals surface area contributed by atoms with Crippen molar-refractivity contribution in [2.24, 2.45) is 0 Å². The van der Waals surface area contributed by atoms with Crippen LogP contribution in [0.25, 0.3) is 0 Å². The molecule has 0 bridgehead atoms. The van der Waals surface area contributed by atoms with Crippen molar-refractivity contribution in [3.8, 4) is 5.75 Å². The monoisotopic (exact) mass is 283 g/mol. The summed E-state index contributed by atoms with van der Waals surface area (Å²) < 4.78 is 5.41. The van der Waals surface area contributed by atoms with Crippen molar-refractivity contribution in [3.63, 3.8) is 0 Å². The molecule has 112 valence electrons. The number of rotatable bonds is 4. The van der Waals surface area contributed by atoms with Crippen molar-refractivity contribution in [2.75, 3.05) is 12.4 Å². The Morgan fingerprint density at radius 3 is 2.24 bits per heavy atom. The van der Waals surface area contributed by atoms with Gasteiger partial charge in [0.2, 0.25) is 0 Å². The van der Waals surface area contributed by atoms with Crippen molar-refractivity contribution < 1.29 is 4.74 Å². The molecule has 0 aliphatic rings. The quantitative estimate of drug-likeness (QED) is 0.860. The summed E-state index contributed by atoms with van der Waals surface area (Å²) in [6.07, 6.45) is 0. The van der Waals surface area contributed by atoms with E-state index in [4.69, 9.17) is 4.74 Å². The predicted octanol–water partition coefficient (Wildman–Crippen LogP) is 4.91. The number of methoxy groups -OCH3 is 1. The number of hydrogen-bond acceptors (Lipinski definition) is 2. The second kappa shape index (κ2) is 6.21. The molecule has 2 heteroatoms. The van der Waals surface area contributed by atoms with Crippen LogP contribution in [0.15, 0.2) is 42.5 Å². The summed E-state index contributed by atoms with van der Waals surface area (Å²) in [6, 6.07) is 14.9. The van der Waals surface area contributed by atoms with Crippen LogP contribution in [0.3, 0.4) is 0 Å². The molecule has 0 atom stereocenters. The van der Waals surface area contributed by atoms with Crippen LogP contribution in [0.5, 0.6) is 5.75 Å². The van der Waals surface area contributed by atoms with Gasteiger partial charge in [-0.25, -0.2) is 0 Å². The highest BCUT2D eigenvalue weighted by Gasteiger charge is 2.12. The molecule has 0 radical (unpaired) electrons. The molecule has 0 amide bonds. The van der Waals surface area contributed by atoms with Gasteiger partial charge >= 0.3 is 0 Å². The number of nitrogens with one attached hydrogen (secondary N) is 1. The molecule has 0 aromatic heterocycles. The zero-order valence-electron chi connectivity index (χ0n) is 13.7. The fraction of sp³-hybridized carbons (Fsp3) is 0.368. The lowest BCUT2D eigenvalue weighted by Crippen LogP contribution is -2.10. The van der Waals surface area contributed by atoms with Gasteiger partial charge < -0.3 is 10.1 Å². The summed E-state index contributed by atoms with van der Waals surface area (Å²) in [5.41, 5.74) is 5.10. The predicted molar refractivity (Wildman–Crippen MR) is 90.2 cm³/mol. The Bertz CT molecular complexity index is 594. The minimum atomic E-state index is 0.193. The highest BCUT2D eigenvalue weighted by molar-refractivity contribution is 5.48. The largest absolute Gasteiger partial charge is 0.496 e. The van der Waals surface area contributed by atoms with Gasteiger partial charge in [0, 0.05) is 17.8 Å². The summed E-state index contributed by atoms with van der Waals surface area (Å²) in [5.74, 6) is 0.930. The lowest BCUT2D eigenvalue weighted by molar-refractivity contribution is 0.410. The molecule has 0 saturated heterocycles. The fourth-order valence-electron chi connectivity index (χ4n) is 2.33. The Kier molecular flexibility index (Phi) is 4.56. The summed E-state index contributed by atoms with van der Waals surface area (Å²) in [5, 5.41) is 3.46. The molecule has 0 unspecified atom stereocenters. The van der Waals surface area contributed by atoms with Crippen molar-refractivity contribution in [2.45, 2.75) is 39.7 Å². The maximum atomic E-state index is 5.41. The van der Waals surface area contributed by atoms with E-state index in [-0.39, 0.29) is 5.41 Å². The molecule has 2 rings (SSSR count). The lowest BCUT2D eigenvalue weighted by atomic mass is 9.87. The first-order valence-electron chi connectivity index (χ1n) is 7.38. The summed E-state index contributed by atoms with van der Waals surface area (Å²) in [4.78, 5) is 0. The van der Waals surface area contributed by atoms with E-state index < -0.39 is 0 Å².